The Morgan fingerprint density at radius 1 is 1.18 bits per heavy atom. The van der Waals surface area contributed by atoms with Crippen LogP contribution >= 0.6 is 35.3 Å². The van der Waals surface area contributed by atoms with Gasteiger partial charge < -0.3 is 15.6 Å². The van der Waals surface area contributed by atoms with Gasteiger partial charge in [-0.2, -0.15) is 0 Å². The van der Waals surface area contributed by atoms with Crippen molar-refractivity contribution >= 4 is 52.2 Å². The lowest BCUT2D eigenvalue weighted by molar-refractivity contribution is 0.800. The molecule has 0 atom stereocenters. The lowest BCUT2D eigenvalue weighted by atomic mass is 10.1. The third kappa shape index (κ3) is 5.47. The van der Waals surface area contributed by atoms with Gasteiger partial charge in [0.1, 0.15) is 5.01 Å². The van der Waals surface area contributed by atoms with Crippen LogP contribution < -0.4 is 10.6 Å². The first kappa shape index (κ1) is 22.7. The predicted octanol–water partition coefficient (Wildman–Crippen LogP) is 4.72. The van der Waals surface area contributed by atoms with E-state index in [-0.39, 0.29) is 24.0 Å². The number of hydrogen-bond acceptors (Lipinski definition) is 3. The Kier molecular flexibility index (Phi) is 8.75. The molecule has 152 valence electrons. The monoisotopic (exact) mass is 511 g/mol. The van der Waals surface area contributed by atoms with Crippen LogP contribution in [-0.2, 0) is 19.4 Å². The van der Waals surface area contributed by atoms with Gasteiger partial charge in [-0.15, -0.1) is 35.3 Å². The third-order valence-corrected chi connectivity index (χ3v) is 5.80. The lowest BCUT2D eigenvalue weighted by Gasteiger charge is -2.10. The molecular formula is C21H30IN5S. The number of guanidine groups is 1. The number of rotatable bonds is 7. The molecule has 28 heavy (non-hydrogen) atoms. The summed E-state index contributed by atoms with van der Waals surface area (Å²) in [5.41, 5.74) is 5.09. The molecule has 2 heterocycles. The Hall–Kier alpha value is -1.61. The van der Waals surface area contributed by atoms with E-state index in [1.54, 1.807) is 11.3 Å². The minimum atomic E-state index is 0. The summed E-state index contributed by atoms with van der Waals surface area (Å²) in [6.45, 7) is 10.7. The molecular weight excluding hydrogens is 481 g/mol. The molecule has 0 saturated carbocycles. The first-order chi connectivity index (χ1) is 13.1. The zero-order valence-corrected chi connectivity index (χ0v) is 20.2. The first-order valence-corrected chi connectivity index (χ1v) is 10.5. The highest BCUT2D eigenvalue weighted by atomic mass is 127. The maximum absolute atomic E-state index is 4.68. The molecule has 0 aliphatic rings. The molecule has 0 aliphatic carbocycles. The molecule has 7 heteroatoms. The van der Waals surface area contributed by atoms with Gasteiger partial charge in [0.05, 0.1) is 12.2 Å². The van der Waals surface area contributed by atoms with Crippen LogP contribution in [0.2, 0.25) is 0 Å². The van der Waals surface area contributed by atoms with Crippen LogP contribution in [0.4, 0.5) is 0 Å². The highest BCUT2D eigenvalue weighted by Gasteiger charge is 2.07. The standard InChI is InChI=1S/C21H29N5S.HI/c1-5-16-8-7-9-18-17(12-24-20(16)18)10-11-23-21(22-6-2)25-13-19-26-14(3)15(4)27-19;/h7-9,12,24H,5-6,10-11,13H2,1-4H3,(H2,22,23,25);1H. The minimum absolute atomic E-state index is 0. The van der Waals surface area contributed by atoms with E-state index < -0.39 is 0 Å². The second-order valence-corrected chi connectivity index (χ2v) is 7.92. The Labute approximate surface area is 188 Å². The molecule has 2 aromatic heterocycles. The van der Waals surface area contributed by atoms with Gasteiger partial charge in [-0.05, 0) is 44.7 Å². The van der Waals surface area contributed by atoms with Crippen LogP contribution in [-0.4, -0.2) is 29.0 Å². The summed E-state index contributed by atoms with van der Waals surface area (Å²) in [5, 5.41) is 9.15. The second kappa shape index (κ2) is 10.8. The quantitative estimate of drug-likeness (QED) is 0.244. The fraction of sp³-hybridized carbons (Fsp3) is 0.429. The van der Waals surface area contributed by atoms with Gasteiger partial charge in [0.25, 0.3) is 0 Å². The Morgan fingerprint density at radius 3 is 2.68 bits per heavy atom. The van der Waals surface area contributed by atoms with Crippen molar-refractivity contribution in [2.75, 3.05) is 13.1 Å². The molecule has 0 saturated heterocycles. The van der Waals surface area contributed by atoms with Crippen LogP contribution in [0.15, 0.2) is 29.4 Å². The molecule has 0 spiro atoms. The zero-order chi connectivity index (χ0) is 19.2. The van der Waals surface area contributed by atoms with Gasteiger partial charge in [-0.1, -0.05) is 25.1 Å². The molecule has 5 nitrogen and oxygen atoms in total. The molecule has 0 bridgehead atoms. The molecule has 0 amide bonds. The summed E-state index contributed by atoms with van der Waals surface area (Å²) in [6.07, 6.45) is 4.13. The minimum Gasteiger partial charge on any atom is -0.361 e. The number of thiazole rings is 1. The highest BCUT2D eigenvalue weighted by molar-refractivity contribution is 14.0. The molecule has 3 aromatic rings. The average molecular weight is 511 g/mol. The van der Waals surface area contributed by atoms with Gasteiger partial charge in [-0.3, -0.25) is 0 Å². The third-order valence-electron chi connectivity index (χ3n) is 4.74. The largest absolute Gasteiger partial charge is 0.361 e. The van der Waals surface area contributed by atoms with E-state index >= 15 is 0 Å². The van der Waals surface area contributed by atoms with Crippen molar-refractivity contribution in [3.8, 4) is 0 Å². The normalized spacial score (nSPS) is 11.5. The van der Waals surface area contributed by atoms with Gasteiger partial charge in [0.2, 0.25) is 0 Å². The zero-order valence-electron chi connectivity index (χ0n) is 17.1. The predicted molar refractivity (Wildman–Crippen MR) is 131 cm³/mol. The molecule has 3 rings (SSSR count). The van der Waals surface area contributed by atoms with Crippen molar-refractivity contribution in [1.29, 1.82) is 0 Å². The fourth-order valence-electron chi connectivity index (χ4n) is 3.19. The smallest absolute Gasteiger partial charge is 0.191 e. The van der Waals surface area contributed by atoms with Crippen molar-refractivity contribution < 1.29 is 0 Å². The number of halogens is 1. The summed E-state index contributed by atoms with van der Waals surface area (Å²) >= 11 is 1.72. The Balaban J connectivity index is 0.00000280. The first-order valence-electron chi connectivity index (χ1n) is 9.65. The molecule has 3 N–H and O–H groups in total. The van der Waals surface area contributed by atoms with Crippen molar-refractivity contribution in [3.63, 3.8) is 0 Å². The number of nitrogens with zero attached hydrogens (tertiary/aromatic N) is 2. The van der Waals surface area contributed by atoms with E-state index in [4.69, 9.17) is 0 Å². The number of para-hydroxylation sites is 1. The van der Waals surface area contributed by atoms with Gasteiger partial charge in [-0.25, -0.2) is 9.98 Å². The number of aromatic amines is 1. The van der Waals surface area contributed by atoms with E-state index in [1.165, 1.54) is 26.9 Å². The van der Waals surface area contributed by atoms with Gasteiger partial charge >= 0.3 is 0 Å². The number of aryl methyl sites for hydroxylation is 3. The van der Waals surface area contributed by atoms with E-state index in [0.717, 1.165) is 42.6 Å². The number of aromatic nitrogens is 2. The van der Waals surface area contributed by atoms with Gasteiger partial charge in [0, 0.05) is 35.1 Å². The van der Waals surface area contributed by atoms with Gasteiger partial charge in [0.15, 0.2) is 5.96 Å². The number of nitrogens with one attached hydrogen (secondary N) is 3. The number of fused-ring (bicyclic) bond motifs is 1. The van der Waals surface area contributed by atoms with Crippen molar-refractivity contribution in [3.05, 3.63) is 51.1 Å². The maximum Gasteiger partial charge on any atom is 0.191 e. The average Bonchev–Trinajstić information content (AvgIpc) is 3.22. The van der Waals surface area contributed by atoms with Crippen LogP contribution in [0, 0.1) is 13.8 Å². The van der Waals surface area contributed by atoms with Crippen molar-refractivity contribution in [1.82, 2.24) is 20.6 Å². The molecule has 1 aromatic carbocycles. The summed E-state index contributed by atoms with van der Waals surface area (Å²) in [4.78, 5) is 14.0. The number of H-pyrrole nitrogens is 1. The Morgan fingerprint density at radius 2 is 2.00 bits per heavy atom. The summed E-state index contributed by atoms with van der Waals surface area (Å²) in [7, 11) is 0. The summed E-state index contributed by atoms with van der Waals surface area (Å²) in [5.74, 6) is 0.845. The lowest BCUT2D eigenvalue weighted by Crippen LogP contribution is -2.38. The van der Waals surface area contributed by atoms with E-state index in [2.05, 4.69) is 70.8 Å². The van der Waals surface area contributed by atoms with Crippen LogP contribution in [0.25, 0.3) is 10.9 Å². The number of aliphatic imine (C=N–C) groups is 1. The van der Waals surface area contributed by atoms with Crippen LogP contribution in [0.1, 0.15) is 40.6 Å². The Bertz CT molecular complexity index is 909. The summed E-state index contributed by atoms with van der Waals surface area (Å²) in [6, 6.07) is 6.54. The molecule has 0 aliphatic heterocycles. The highest BCUT2D eigenvalue weighted by Crippen LogP contribution is 2.22. The number of benzene rings is 1. The second-order valence-electron chi connectivity index (χ2n) is 6.63. The molecule has 0 fully saturated rings. The van der Waals surface area contributed by atoms with Crippen LogP contribution in [0.5, 0.6) is 0 Å². The number of hydrogen-bond donors (Lipinski definition) is 3. The maximum atomic E-state index is 4.68. The van der Waals surface area contributed by atoms with Crippen LogP contribution in [0.3, 0.4) is 0 Å². The SMILES string of the molecule is CCNC(=NCc1nc(C)c(C)s1)NCCc1c[nH]c2c(CC)cccc12.I. The van der Waals surface area contributed by atoms with E-state index in [1.807, 2.05) is 6.92 Å². The van der Waals surface area contributed by atoms with Crippen molar-refractivity contribution in [2.45, 2.75) is 47.1 Å². The van der Waals surface area contributed by atoms with E-state index in [9.17, 15) is 0 Å². The molecule has 0 radical (unpaired) electrons. The van der Waals surface area contributed by atoms with Crippen molar-refractivity contribution in [2.24, 2.45) is 4.99 Å². The summed E-state index contributed by atoms with van der Waals surface area (Å²) < 4.78 is 0. The van der Waals surface area contributed by atoms with E-state index in [0.29, 0.717) is 6.54 Å². The topological polar surface area (TPSA) is 65.1 Å². The molecule has 0 unspecified atom stereocenters. The fourth-order valence-corrected chi connectivity index (χ4v) is 4.05.